The molecule has 0 N–H and O–H groups in total. The van der Waals surface area contributed by atoms with E-state index in [-0.39, 0.29) is 22.9 Å². The zero-order chi connectivity index (χ0) is 22.1. The number of sulfone groups is 1. The van der Waals surface area contributed by atoms with Crippen molar-refractivity contribution in [2.45, 2.75) is 25.0 Å². The van der Waals surface area contributed by atoms with Gasteiger partial charge in [-0.3, -0.25) is 13.9 Å². The molecule has 30 heavy (non-hydrogen) atoms. The molecule has 9 nitrogen and oxygen atoms in total. The summed E-state index contributed by atoms with van der Waals surface area (Å²) in [5.74, 6) is 6.55. The molecule has 0 aliphatic rings. The Kier molecular flexibility index (Phi) is 5.85. The van der Waals surface area contributed by atoms with Gasteiger partial charge in [-0.1, -0.05) is 24.8 Å². The molecule has 1 aromatic carbocycles. The summed E-state index contributed by atoms with van der Waals surface area (Å²) >= 11 is 0. The number of fused-ring (bicyclic) bond motifs is 1. The van der Waals surface area contributed by atoms with E-state index >= 15 is 0 Å². The van der Waals surface area contributed by atoms with Crippen molar-refractivity contribution in [3.8, 4) is 17.6 Å². The van der Waals surface area contributed by atoms with E-state index in [1.165, 1.54) is 23.2 Å². The molecule has 0 saturated carbocycles. The Labute approximate surface area is 173 Å². The number of imidazole rings is 1. The SMILES string of the molecule is CCCOc1cccc(C#CCn2c(=O)n(C)c(=O)c3c2nc(S(C)(=O)=O)n3C)c1. The quantitative estimate of drug-likeness (QED) is 0.551. The van der Waals surface area contributed by atoms with Crippen LogP contribution in [0.1, 0.15) is 18.9 Å². The fourth-order valence-corrected chi connectivity index (χ4v) is 3.83. The molecular formula is C20H22N4O5S. The summed E-state index contributed by atoms with van der Waals surface area (Å²) in [7, 11) is -0.937. The van der Waals surface area contributed by atoms with Crippen LogP contribution >= 0.6 is 0 Å². The van der Waals surface area contributed by atoms with Gasteiger partial charge in [0.05, 0.1) is 13.2 Å². The first-order valence-corrected chi connectivity index (χ1v) is 11.1. The van der Waals surface area contributed by atoms with Crippen LogP contribution in [0, 0.1) is 11.8 Å². The summed E-state index contributed by atoms with van der Waals surface area (Å²) < 4.78 is 32.9. The summed E-state index contributed by atoms with van der Waals surface area (Å²) in [6.45, 7) is 2.55. The molecule has 10 heteroatoms. The highest BCUT2D eigenvalue weighted by Gasteiger charge is 2.23. The Morgan fingerprint density at radius 3 is 2.57 bits per heavy atom. The van der Waals surface area contributed by atoms with Gasteiger partial charge < -0.3 is 9.30 Å². The Hall–Kier alpha value is -3.32. The van der Waals surface area contributed by atoms with E-state index in [0.29, 0.717) is 17.9 Å². The van der Waals surface area contributed by atoms with Crippen molar-refractivity contribution in [1.82, 2.24) is 18.7 Å². The first kappa shape index (κ1) is 21.4. The molecule has 0 spiro atoms. The van der Waals surface area contributed by atoms with Gasteiger partial charge in [-0.15, -0.1) is 0 Å². The summed E-state index contributed by atoms with van der Waals surface area (Å²) in [6, 6.07) is 7.27. The fourth-order valence-electron chi connectivity index (χ4n) is 2.99. The first-order chi connectivity index (χ1) is 14.1. The first-order valence-electron chi connectivity index (χ1n) is 9.23. The minimum atomic E-state index is -3.69. The molecule has 0 bridgehead atoms. The number of rotatable bonds is 5. The molecule has 2 heterocycles. The highest BCUT2D eigenvalue weighted by molar-refractivity contribution is 7.90. The van der Waals surface area contributed by atoms with Gasteiger partial charge in [-0.25, -0.2) is 13.2 Å². The molecule has 0 fully saturated rings. The highest BCUT2D eigenvalue weighted by Crippen LogP contribution is 2.15. The van der Waals surface area contributed by atoms with Gasteiger partial charge in [0, 0.05) is 25.9 Å². The average Bonchev–Trinajstić information content (AvgIpc) is 3.05. The van der Waals surface area contributed by atoms with Crippen molar-refractivity contribution in [3.63, 3.8) is 0 Å². The number of benzene rings is 1. The number of hydrogen-bond donors (Lipinski definition) is 0. The van der Waals surface area contributed by atoms with Crippen molar-refractivity contribution < 1.29 is 13.2 Å². The Morgan fingerprint density at radius 1 is 1.17 bits per heavy atom. The molecule has 3 aromatic rings. The Morgan fingerprint density at radius 2 is 1.90 bits per heavy atom. The second kappa shape index (κ2) is 8.20. The van der Waals surface area contributed by atoms with Gasteiger partial charge in [0.25, 0.3) is 5.56 Å². The standard InChI is InChI=1S/C20H22N4O5S/c1-5-12-29-15-10-6-8-14(13-15)9-7-11-24-17-16(18(25)23(3)20(24)26)22(2)19(21-17)30(4,27)28/h6,8,10,13H,5,11-12H2,1-4H3. The minimum Gasteiger partial charge on any atom is -0.494 e. The number of aryl methyl sites for hydroxylation is 1. The monoisotopic (exact) mass is 430 g/mol. The second-order valence-corrected chi connectivity index (χ2v) is 8.72. The van der Waals surface area contributed by atoms with E-state index in [1.807, 2.05) is 25.1 Å². The molecule has 0 aliphatic heterocycles. The molecule has 0 atom stereocenters. The van der Waals surface area contributed by atoms with Gasteiger partial charge in [-0.2, -0.15) is 4.98 Å². The number of ether oxygens (including phenoxy) is 1. The predicted octanol–water partition coefficient (Wildman–Crippen LogP) is 0.678. The normalized spacial score (nSPS) is 11.3. The average molecular weight is 430 g/mol. The van der Waals surface area contributed by atoms with E-state index in [4.69, 9.17) is 4.74 Å². The maximum Gasteiger partial charge on any atom is 0.333 e. The molecule has 158 valence electrons. The van der Waals surface area contributed by atoms with Gasteiger partial charge in [0.1, 0.15) is 5.75 Å². The largest absolute Gasteiger partial charge is 0.494 e. The van der Waals surface area contributed by atoms with Crippen molar-refractivity contribution in [2.24, 2.45) is 14.1 Å². The lowest BCUT2D eigenvalue weighted by Crippen LogP contribution is -2.38. The van der Waals surface area contributed by atoms with Crippen LogP contribution in [0.5, 0.6) is 5.75 Å². The lowest BCUT2D eigenvalue weighted by Gasteiger charge is -2.06. The van der Waals surface area contributed by atoms with Crippen LogP contribution in [-0.2, 0) is 30.5 Å². The van der Waals surface area contributed by atoms with E-state index < -0.39 is 21.1 Å². The predicted molar refractivity (Wildman–Crippen MR) is 112 cm³/mol. The van der Waals surface area contributed by atoms with Crippen LogP contribution in [0.2, 0.25) is 0 Å². The van der Waals surface area contributed by atoms with Gasteiger partial charge >= 0.3 is 5.69 Å². The topological polar surface area (TPSA) is 105 Å². The molecule has 3 rings (SSSR count). The maximum atomic E-state index is 12.6. The van der Waals surface area contributed by atoms with Gasteiger partial charge in [-0.05, 0) is 24.6 Å². The smallest absolute Gasteiger partial charge is 0.333 e. The Bertz CT molecular complexity index is 1400. The number of aromatic nitrogens is 4. The van der Waals surface area contributed by atoms with Crippen LogP contribution in [-0.4, -0.2) is 40.0 Å². The van der Waals surface area contributed by atoms with Crippen LogP contribution in [0.15, 0.2) is 39.0 Å². The fraction of sp³-hybridized carbons (Fsp3) is 0.350. The molecule has 0 aliphatic carbocycles. The summed E-state index contributed by atoms with van der Waals surface area (Å²) in [5, 5.41) is -0.289. The lowest BCUT2D eigenvalue weighted by atomic mass is 10.2. The minimum absolute atomic E-state index is 0.0136. The van der Waals surface area contributed by atoms with Crippen molar-refractivity contribution in [2.75, 3.05) is 12.9 Å². The molecule has 0 unspecified atom stereocenters. The van der Waals surface area contributed by atoms with Gasteiger partial charge in [0.2, 0.25) is 15.0 Å². The van der Waals surface area contributed by atoms with E-state index in [2.05, 4.69) is 16.8 Å². The van der Waals surface area contributed by atoms with E-state index in [0.717, 1.165) is 17.2 Å². The van der Waals surface area contributed by atoms with Crippen molar-refractivity contribution in [3.05, 3.63) is 50.7 Å². The molecule has 0 radical (unpaired) electrons. The van der Waals surface area contributed by atoms with Crippen molar-refractivity contribution >= 4 is 21.0 Å². The zero-order valence-corrected chi connectivity index (χ0v) is 18.0. The zero-order valence-electron chi connectivity index (χ0n) is 17.2. The third kappa shape index (κ3) is 4.02. The third-order valence-corrected chi connectivity index (χ3v) is 5.45. The molecule has 0 amide bonds. The summed E-state index contributed by atoms with van der Waals surface area (Å²) in [5.41, 5.74) is -0.532. The highest BCUT2D eigenvalue weighted by atomic mass is 32.2. The summed E-state index contributed by atoms with van der Waals surface area (Å²) in [6.07, 6.45) is 1.88. The van der Waals surface area contributed by atoms with Crippen LogP contribution in [0.25, 0.3) is 11.2 Å². The maximum absolute atomic E-state index is 12.6. The van der Waals surface area contributed by atoms with E-state index in [9.17, 15) is 18.0 Å². The molecule has 2 aromatic heterocycles. The van der Waals surface area contributed by atoms with Crippen molar-refractivity contribution in [1.29, 1.82) is 0 Å². The lowest BCUT2D eigenvalue weighted by molar-refractivity contribution is 0.317. The van der Waals surface area contributed by atoms with Gasteiger partial charge in [0.15, 0.2) is 11.2 Å². The van der Waals surface area contributed by atoms with Crippen LogP contribution in [0.4, 0.5) is 0 Å². The van der Waals surface area contributed by atoms with E-state index in [1.54, 1.807) is 6.07 Å². The van der Waals surface area contributed by atoms with Crippen LogP contribution in [0.3, 0.4) is 0 Å². The third-order valence-electron chi connectivity index (χ3n) is 4.42. The van der Waals surface area contributed by atoms with Crippen LogP contribution < -0.4 is 16.0 Å². The molecular weight excluding hydrogens is 408 g/mol. The number of nitrogens with zero attached hydrogens (tertiary/aromatic N) is 4. The summed E-state index contributed by atoms with van der Waals surface area (Å²) in [4.78, 5) is 29.2. The molecule has 0 saturated heterocycles. The second-order valence-electron chi connectivity index (χ2n) is 6.81. The number of hydrogen-bond acceptors (Lipinski definition) is 6. The Balaban J connectivity index is 2.07.